The summed E-state index contributed by atoms with van der Waals surface area (Å²) in [5.74, 6) is -1.61. The molecule has 0 saturated heterocycles. The summed E-state index contributed by atoms with van der Waals surface area (Å²) in [6.07, 6.45) is 0. The lowest BCUT2D eigenvalue weighted by molar-refractivity contribution is 0.504. The third-order valence-corrected chi connectivity index (χ3v) is 3.17. The molecule has 0 aliphatic rings. The quantitative estimate of drug-likeness (QED) is 0.872. The van der Waals surface area contributed by atoms with Crippen LogP contribution >= 0.6 is 0 Å². The molecule has 0 aliphatic carbocycles. The summed E-state index contributed by atoms with van der Waals surface area (Å²) in [5.41, 5.74) is 3.13. The van der Waals surface area contributed by atoms with E-state index in [0.29, 0.717) is 6.54 Å². The number of nitrogens with one attached hydrogen (secondary N) is 1. The van der Waals surface area contributed by atoms with Gasteiger partial charge in [-0.1, -0.05) is 35.9 Å². The standard InChI is InChI=1S/C16H17F2N/c1-11-3-6-14(7-4-11)12(2)19-10-13-5-8-15(17)16(18)9-13/h3-9,12,19H,10H2,1-2H3/t12-/m0/s1. The molecule has 0 heterocycles. The van der Waals surface area contributed by atoms with Crippen LogP contribution in [0.25, 0.3) is 0 Å². The van der Waals surface area contributed by atoms with Crippen molar-refractivity contribution >= 4 is 0 Å². The Hall–Kier alpha value is -1.74. The van der Waals surface area contributed by atoms with E-state index in [1.807, 2.05) is 13.8 Å². The van der Waals surface area contributed by atoms with Gasteiger partial charge in [-0.25, -0.2) is 8.78 Å². The van der Waals surface area contributed by atoms with Crippen molar-refractivity contribution in [2.75, 3.05) is 0 Å². The van der Waals surface area contributed by atoms with E-state index in [0.717, 1.165) is 11.6 Å². The van der Waals surface area contributed by atoms with Gasteiger partial charge in [-0.3, -0.25) is 0 Å². The zero-order valence-corrected chi connectivity index (χ0v) is 11.1. The second-order valence-electron chi connectivity index (χ2n) is 4.76. The topological polar surface area (TPSA) is 12.0 Å². The Morgan fingerprint density at radius 3 is 2.32 bits per heavy atom. The highest BCUT2D eigenvalue weighted by atomic mass is 19.2. The van der Waals surface area contributed by atoms with Crippen LogP contribution in [0.15, 0.2) is 42.5 Å². The molecule has 0 unspecified atom stereocenters. The van der Waals surface area contributed by atoms with E-state index in [9.17, 15) is 8.78 Å². The highest BCUT2D eigenvalue weighted by Crippen LogP contribution is 2.15. The molecule has 0 saturated carbocycles. The van der Waals surface area contributed by atoms with Crippen molar-refractivity contribution in [3.8, 4) is 0 Å². The van der Waals surface area contributed by atoms with Crippen LogP contribution in [0, 0.1) is 18.6 Å². The number of hydrogen-bond acceptors (Lipinski definition) is 1. The Labute approximate surface area is 112 Å². The van der Waals surface area contributed by atoms with Gasteiger partial charge in [-0.2, -0.15) is 0 Å². The van der Waals surface area contributed by atoms with Gasteiger partial charge in [0, 0.05) is 12.6 Å². The molecular weight excluding hydrogens is 244 g/mol. The van der Waals surface area contributed by atoms with Gasteiger partial charge in [-0.05, 0) is 37.1 Å². The molecule has 2 rings (SSSR count). The second kappa shape index (κ2) is 5.93. The van der Waals surface area contributed by atoms with Gasteiger partial charge in [0.2, 0.25) is 0 Å². The van der Waals surface area contributed by atoms with E-state index >= 15 is 0 Å². The first-order valence-electron chi connectivity index (χ1n) is 6.30. The van der Waals surface area contributed by atoms with Crippen molar-refractivity contribution in [1.82, 2.24) is 5.32 Å². The number of aryl methyl sites for hydroxylation is 1. The maximum atomic E-state index is 13.1. The second-order valence-corrected chi connectivity index (χ2v) is 4.76. The summed E-state index contributed by atoms with van der Waals surface area (Å²) >= 11 is 0. The maximum Gasteiger partial charge on any atom is 0.159 e. The molecule has 19 heavy (non-hydrogen) atoms. The molecule has 0 spiro atoms. The summed E-state index contributed by atoms with van der Waals surface area (Å²) in [6.45, 7) is 4.60. The van der Waals surface area contributed by atoms with Crippen LogP contribution < -0.4 is 5.32 Å². The minimum Gasteiger partial charge on any atom is -0.306 e. The fourth-order valence-electron chi connectivity index (χ4n) is 1.89. The monoisotopic (exact) mass is 261 g/mol. The van der Waals surface area contributed by atoms with Crippen LogP contribution in [0.3, 0.4) is 0 Å². The molecule has 100 valence electrons. The molecule has 3 heteroatoms. The van der Waals surface area contributed by atoms with Gasteiger partial charge in [-0.15, -0.1) is 0 Å². The first-order chi connectivity index (χ1) is 9.06. The van der Waals surface area contributed by atoms with Crippen LogP contribution in [0.2, 0.25) is 0 Å². The van der Waals surface area contributed by atoms with E-state index < -0.39 is 11.6 Å². The number of benzene rings is 2. The van der Waals surface area contributed by atoms with Crippen molar-refractivity contribution in [1.29, 1.82) is 0 Å². The molecule has 0 radical (unpaired) electrons. The normalized spacial score (nSPS) is 12.4. The fourth-order valence-corrected chi connectivity index (χ4v) is 1.89. The molecule has 2 aromatic carbocycles. The zero-order chi connectivity index (χ0) is 13.8. The van der Waals surface area contributed by atoms with Gasteiger partial charge in [0.25, 0.3) is 0 Å². The number of hydrogen-bond donors (Lipinski definition) is 1. The van der Waals surface area contributed by atoms with Gasteiger partial charge in [0.15, 0.2) is 11.6 Å². The Bertz CT molecular complexity index is 549. The average Bonchev–Trinajstić information content (AvgIpc) is 2.40. The Balaban J connectivity index is 1.98. The van der Waals surface area contributed by atoms with E-state index in [1.165, 1.54) is 17.2 Å². The fraction of sp³-hybridized carbons (Fsp3) is 0.250. The summed E-state index contributed by atoms with van der Waals surface area (Å²) in [5, 5.41) is 3.29. The molecule has 1 nitrogen and oxygen atoms in total. The molecular formula is C16H17F2N. The largest absolute Gasteiger partial charge is 0.306 e. The van der Waals surface area contributed by atoms with Crippen LogP contribution in [0.5, 0.6) is 0 Å². The highest BCUT2D eigenvalue weighted by Gasteiger charge is 2.06. The number of rotatable bonds is 4. The first-order valence-corrected chi connectivity index (χ1v) is 6.30. The first kappa shape index (κ1) is 13.7. The molecule has 1 atom stereocenters. The molecule has 1 N–H and O–H groups in total. The Kier molecular flexibility index (Phi) is 4.27. The molecule has 0 aliphatic heterocycles. The van der Waals surface area contributed by atoms with Gasteiger partial charge in [0.05, 0.1) is 0 Å². The SMILES string of the molecule is Cc1ccc([C@H](C)NCc2ccc(F)c(F)c2)cc1. The Morgan fingerprint density at radius 1 is 1.00 bits per heavy atom. The smallest absolute Gasteiger partial charge is 0.159 e. The van der Waals surface area contributed by atoms with E-state index in [-0.39, 0.29) is 6.04 Å². The predicted molar refractivity (Wildman–Crippen MR) is 72.8 cm³/mol. The van der Waals surface area contributed by atoms with E-state index in [1.54, 1.807) is 6.07 Å². The minimum atomic E-state index is -0.810. The van der Waals surface area contributed by atoms with Crippen LogP contribution in [-0.2, 0) is 6.54 Å². The summed E-state index contributed by atoms with van der Waals surface area (Å²) in [6, 6.07) is 12.4. The molecule has 2 aromatic rings. The average molecular weight is 261 g/mol. The zero-order valence-electron chi connectivity index (χ0n) is 11.1. The van der Waals surface area contributed by atoms with Gasteiger partial charge < -0.3 is 5.32 Å². The lowest BCUT2D eigenvalue weighted by atomic mass is 10.1. The minimum absolute atomic E-state index is 0.161. The van der Waals surface area contributed by atoms with E-state index in [2.05, 4.69) is 29.6 Å². The third kappa shape index (κ3) is 3.61. The van der Waals surface area contributed by atoms with Crippen LogP contribution in [-0.4, -0.2) is 0 Å². The van der Waals surface area contributed by atoms with Crippen molar-refractivity contribution < 1.29 is 8.78 Å². The summed E-state index contributed by atoms with van der Waals surface area (Å²) in [4.78, 5) is 0. The third-order valence-electron chi connectivity index (χ3n) is 3.17. The van der Waals surface area contributed by atoms with Crippen molar-refractivity contribution in [3.63, 3.8) is 0 Å². The number of halogens is 2. The Morgan fingerprint density at radius 2 is 1.68 bits per heavy atom. The summed E-state index contributed by atoms with van der Waals surface area (Å²) in [7, 11) is 0. The van der Waals surface area contributed by atoms with Gasteiger partial charge in [0.1, 0.15) is 0 Å². The van der Waals surface area contributed by atoms with Crippen LogP contribution in [0.1, 0.15) is 29.7 Å². The molecule has 0 aromatic heterocycles. The molecule has 0 amide bonds. The lowest BCUT2D eigenvalue weighted by Gasteiger charge is -2.14. The van der Waals surface area contributed by atoms with Crippen molar-refractivity contribution in [2.45, 2.75) is 26.4 Å². The molecule has 0 bridgehead atoms. The molecule has 0 fully saturated rings. The summed E-state index contributed by atoms with van der Waals surface area (Å²) < 4.78 is 25.9. The van der Waals surface area contributed by atoms with Crippen molar-refractivity contribution in [2.24, 2.45) is 0 Å². The maximum absolute atomic E-state index is 13.1. The van der Waals surface area contributed by atoms with Gasteiger partial charge >= 0.3 is 0 Å². The lowest BCUT2D eigenvalue weighted by Crippen LogP contribution is -2.18. The predicted octanol–water partition coefficient (Wildman–Crippen LogP) is 4.12. The highest BCUT2D eigenvalue weighted by molar-refractivity contribution is 5.24. The van der Waals surface area contributed by atoms with E-state index in [4.69, 9.17) is 0 Å². The van der Waals surface area contributed by atoms with Crippen LogP contribution in [0.4, 0.5) is 8.78 Å². The van der Waals surface area contributed by atoms with Crippen molar-refractivity contribution in [3.05, 3.63) is 70.8 Å².